The minimum Gasteiger partial charge on any atom is -0.495 e. The molecule has 3 N–H and O–H groups in total. The van der Waals surface area contributed by atoms with Crippen molar-refractivity contribution in [1.29, 1.82) is 0 Å². The van der Waals surface area contributed by atoms with Gasteiger partial charge in [-0.1, -0.05) is 6.42 Å². The highest BCUT2D eigenvalue weighted by Crippen LogP contribution is 2.34. The number of amides is 1. The van der Waals surface area contributed by atoms with Crippen molar-refractivity contribution >= 4 is 17.3 Å². The molecular formula is C14H19N3O4. The number of nitrogens with zero attached hydrogens (tertiary/aromatic N) is 1. The SMILES string of the molecule is COc1ccc([N+](=O)[O-])cc1NC(=O)C1CCCC1CN. The smallest absolute Gasteiger partial charge is 0.271 e. The quantitative estimate of drug-likeness (QED) is 0.637. The fourth-order valence-electron chi connectivity index (χ4n) is 2.80. The molecule has 0 radical (unpaired) electrons. The average Bonchev–Trinajstić information content (AvgIpc) is 2.95. The van der Waals surface area contributed by atoms with Crippen LogP contribution in [0.1, 0.15) is 19.3 Å². The van der Waals surface area contributed by atoms with Gasteiger partial charge in [-0.25, -0.2) is 0 Å². The number of carbonyl (C=O) groups excluding carboxylic acids is 1. The molecule has 2 unspecified atom stereocenters. The first kappa shape index (κ1) is 15.2. The summed E-state index contributed by atoms with van der Waals surface area (Å²) in [7, 11) is 1.45. The van der Waals surface area contributed by atoms with Gasteiger partial charge in [-0.05, 0) is 31.4 Å². The monoisotopic (exact) mass is 293 g/mol. The summed E-state index contributed by atoms with van der Waals surface area (Å²) in [4.78, 5) is 22.7. The lowest BCUT2D eigenvalue weighted by atomic mass is 9.95. The highest BCUT2D eigenvalue weighted by molar-refractivity contribution is 5.94. The maximum absolute atomic E-state index is 12.3. The molecular weight excluding hydrogens is 274 g/mol. The molecule has 1 fully saturated rings. The molecule has 21 heavy (non-hydrogen) atoms. The van der Waals surface area contributed by atoms with E-state index < -0.39 is 4.92 Å². The van der Waals surface area contributed by atoms with Gasteiger partial charge in [0, 0.05) is 18.1 Å². The molecule has 0 aliphatic heterocycles. The topological polar surface area (TPSA) is 107 Å². The fourth-order valence-corrected chi connectivity index (χ4v) is 2.80. The number of anilines is 1. The number of nitrogens with one attached hydrogen (secondary N) is 1. The number of hydrogen-bond donors (Lipinski definition) is 2. The van der Waals surface area contributed by atoms with Crippen LogP contribution in [0.2, 0.25) is 0 Å². The third-order valence-electron chi connectivity index (χ3n) is 3.95. The zero-order chi connectivity index (χ0) is 15.4. The Bertz CT molecular complexity index is 547. The van der Waals surface area contributed by atoms with Crippen LogP contribution >= 0.6 is 0 Å². The molecule has 2 atom stereocenters. The van der Waals surface area contributed by atoms with E-state index >= 15 is 0 Å². The van der Waals surface area contributed by atoms with Gasteiger partial charge >= 0.3 is 0 Å². The molecule has 1 aliphatic carbocycles. The number of nitro benzene ring substituents is 1. The van der Waals surface area contributed by atoms with Crippen LogP contribution in [-0.2, 0) is 4.79 Å². The molecule has 1 saturated carbocycles. The predicted molar refractivity (Wildman–Crippen MR) is 78.2 cm³/mol. The lowest BCUT2D eigenvalue weighted by Gasteiger charge is -2.18. The number of rotatable bonds is 5. The van der Waals surface area contributed by atoms with Gasteiger partial charge in [-0.2, -0.15) is 0 Å². The van der Waals surface area contributed by atoms with Crippen LogP contribution in [0.25, 0.3) is 0 Å². The average molecular weight is 293 g/mol. The van der Waals surface area contributed by atoms with Crippen molar-refractivity contribution in [3.8, 4) is 5.75 Å². The lowest BCUT2D eigenvalue weighted by molar-refractivity contribution is -0.384. The molecule has 2 rings (SSSR count). The molecule has 0 saturated heterocycles. The first-order valence-electron chi connectivity index (χ1n) is 6.90. The highest BCUT2D eigenvalue weighted by atomic mass is 16.6. The van der Waals surface area contributed by atoms with Gasteiger partial charge in [0.15, 0.2) is 0 Å². The van der Waals surface area contributed by atoms with Crippen molar-refractivity contribution in [2.75, 3.05) is 19.0 Å². The summed E-state index contributed by atoms with van der Waals surface area (Å²) in [5, 5.41) is 13.6. The molecule has 1 aromatic rings. The molecule has 114 valence electrons. The Morgan fingerprint density at radius 3 is 2.90 bits per heavy atom. The summed E-state index contributed by atoms with van der Waals surface area (Å²) in [5.74, 6) is 0.284. The van der Waals surface area contributed by atoms with E-state index in [9.17, 15) is 14.9 Å². The summed E-state index contributed by atoms with van der Waals surface area (Å²) in [6, 6.07) is 4.12. The van der Waals surface area contributed by atoms with Gasteiger partial charge in [-0.15, -0.1) is 0 Å². The number of carbonyl (C=O) groups is 1. The van der Waals surface area contributed by atoms with E-state index in [2.05, 4.69) is 5.32 Å². The third-order valence-corrected chi connectivity index (χ3v) is 3.95. The maximum atomic E-state index is 12.3. The minimum absolute atomic E-state index is 0.0899. The Labute approximate surface area is 122 Å². The zero-order valence-electron chi connectivity index (χ0n) is 11.9. The van der Waals surface area contributed by atoms with Crippen LogP contribution in [0, 0.1) is 22.0 Å². The van der Waals surface area contributed by atoms with Crippen LogP contribution in [0.3, 0.4) is 0 Å². The van der Waals surface area contributed by atoms with Crippen molar-refractivity contribution in [3.05, 3.63) is 28.3 Å². The van der Waals surface area contributed by atoms with Gasteiger partial charge < -0.3 is 15.8 Å². The van der Waals surface area contributed by atoms with Crippen molar-refractivity contribution in [1.82, 2.24) is 0 Å². The molecule has 7 heteroatoms. The number of methoxy groups -OCH3 is 1. The number of benzene rings is 1. The van der Waals surface area contributed by atoms with E-state index in [1.54, 1.807) is 0 Å². The van der Waals surface area contributed by atoms with Gasteiger partial charge in [0.2, 0.25) is 5.91 Å². The summed E-state index contributed by atoms with van der Waals surface area (Å²) >= 11 is 0. The van der Waals surface area contributed by atoms with Crippen LogP contribution in [0.5, 0.6) is 5.75 Å². The number of nitro groups is 1. The van der Waals surface area contributed by atoms with Crippen molar-refractivity contribution < 1.29 is 14.5 Å². The Morgan fingerprint density at radius 2 is 2.29 bits per heavy atom. The third kappa shape index (κ3) is 3.30. The van der Waals surface area contributed by atoms with Crippen LogP contribution in [-0.4, -0.2) is 24.5 Å². The van der Waals surface area contributed by atoms with E-state index in [4.69, 9.17) is 10.5 Å². The molecule has 0 aromatic heterocycles. The van der Waals surface area contributed by atoms with E-state index in [0.717, 1.165) is 19.3 Å². The lowest BCUT2D eigenvalue weighted by Crippen LogP contribution is -2.29. The van der Waals surface area contributed by atoms with Gasteiger partial charge in [0.1, 0.15) is 5.75 Å². The zero-order valence-corrected chi connectivity index (χ0v) is 11.9. The second kappa shape index (κ2) is 6.53. The first-order valence-corrected chi connectivity index (χ1v) is 6.90. The summed E-state index contributed by atoms with van der Waals surface area (Å²) in [6.45, 7) is 0.476. The van der Waals surface area contributed by atoms with Crippen LogP contribution in [0.4, 0.5) is 11.4 Å². The predicted octanol–water partition coefficient (Wildman–Crippen LogP) is 1.92. The summed E-state index contributed by atoms with van der Waals surface area (Å²) in [5.41, 5.74) is 5.91. The van der Waals surface area contributed by atoms with Gasteiger partial charge in [0.25, 0.3) is 5.69 Å². The Kier molecular flexibility index (Phi) is 4.74. The number of ether oxygens (including phenoxy) is 1. The largest absolute Gasteiger partial charge is 0.495 e. The first-order chi connectivity index (χ1) is 10.1. The van der Waals surface area contributed by atoms with Crippen LogP contribution in [0.15, 0.2) is 18.2 Å². The van der Waals surface area contributed by atoms with Crippen molar-refractivity contribution in [2.45, 2.75) is 19.3 Å². The second-order valence-electron chi connectivity index (χ2n) is 5.16. The molecule has 0 heterocycles. The van der Waals surface area contributed by atoms with Gasteiger partial charge in [0.05, 0.1) is 17.7 Å². The summed E-state index contributed by atoms with van der Waals surface area (Å²) in [6.07, 6.45) is 2.72. The molecule has 0 bridgehead atoms. The molecule has 1 amide bonds. The maximum Gasteiger partial charge on any atom is 0.271 e. The number of non-ortho nitro benzene ring substituents is 1. The highest BCUT2D eigenvalue weighted by Gasteiger charge is 2.32. The second-order valence-corrected chi connectivity index (χ2v) is 5.16. The van der Waals surface area contributed by atoms with E-state index in [1.165, 1.54) is 25.3 Å². The standard InChI is InChI=1S/C14H19N3O4/c1-21-13-6-5-10(17(19)20)7-12(13)16-14(18)11-4-2-3-9(11)8-15/h5-7,9,11H,2-4,8,15H2,1H3,(H,16,18). The number of hydrogen-bond acceptors (Lipinski definition) is 5. The van der Waals surface area contributed by atoms with E-state index in [-0.39, 0.29) is 23.4 Å². The normalized spacial score (nSPS) is 21.0. The Morgan fingerprint density at radius 1 is 1.52 bits per heavy atom. The summed E-state index contributed by atoms with van der Waals surface area (Å²) < 4.78 is 5.13. The Balaban J connectivity index is 2.19. The van der Waals surface area contributed by atoms with Crippen molar-refractivity contribution in [2.24, 2.45) is 17.6 Å². The van der Waals surface area contributed by atoms with E-state index in [1.807, 2.05) is 0 Å². The van der Waals surface area contributed by atoms with E-state index in [0.29, 0.717) is 18.0 Å². The fraction of sp³-hybridized carbons (Fsp3) is 0.500. The van der Waals surface area contributed by atoms with Crippen LogP contribution < -0.4 is 15.8 Å². The van der Waals surface area contributed by atoms with Gasteiger partial charge in [-0.3, -0.25) is 14.9 Å². The molecule has 1 aromatic carbocycles. The number of nitrogens with two attached hydrogens (primary N) is 1. The molecule has 1 aliphatic rings. The molecule has 7 nitrogen and oxygen atoms in total. The minimum atomic E-state index is -0.507. The Hall–Kier alpha value is -2.15. The van der Waals surface area contributed by atoms with Crippen molar-refractivity contribution in [3.63, 3.8) is 0 Å². The molecule has 0 spiro atoms.